The summed E-state index contributed by atoms with van der Waals surface area (Å²) in [5.41, 5.74) is 4.77. The fourth-order valence-electron chi connectivity index (χ4n) is 3.82. The van der Waals surface area contributed by atoms with Gasteiger partial charge in [0.05, 0.1) is 3.79 Å². The topological polar surface area (TPSA) is 18.5 Å². The zero-order valence-corrected chi connectivity index (χ0v) is 18.3. The van der Waals surface area contributed by atoms with Crippen LogP contribution in [0.1, 0.15) is 5.56 Å². The van der Waals surface area contributed by atoms with E-state index in [4.69, 9.17) is 4.74 Å². The second-order valence-corrected chi connectivity index (χ2v) is 9.40. The summed E-state index contributed by atoms with van der Waals surface area (Å²) in [5, 5.41) is 0. The van der Waals surface area contributed by atoms with Gasteiger partial charge in [0.15, 0.2) is 11.6 Å². The number of benzene rings is 3. The van der Waals surface area contributed by atoms with Crippen LogP contribution in [0.15, 0.2) is 70.5 Å². The molecule has 2 nitrogen and oxygen atoms in total. The minimum Gasteiger partial charge on any atom is -0.488 e. The van der Waals surface area contributed by atoms with E-state index in [1.165, 1.54) is 6.07 Å². The van der Waals surface area contributed by atoms with Gasteiger partial charge in [-0.15, -0.1) is 11.3 Å². The number of para-hydroxylation sites is 1. The van der Waals surface area contributed by atoms with Crippen molar-refractivity contribution >= 4 is 27.3 Å². The molecule has 0 N–H and O–H groups in total. The molecule has 2 heterocycles. The van der Waals surface area contributed by atoms with E-state index in [1.807, 2.05) is 42.5 Å². The highest BCUT2D eigenvalue weighted by Crippen LogP contribution is 2.47. The third-order valence-electron chi connectivity index (χ3n) is 5.11. The SMILES string of the molecule is Fc1cccc(-c2ccc3c(c2)COc2cccc(-c4ccc(Br)s4)c2-3)c1OC(F)F. The molecular weight excluding hydrogens is 489 g/mol. The zero-order valence-electron chi connectivity index (χ0n) is 15.9. The third-order valence-corrected chi connectivity index (χ3v) is 6.76. The molecule has 0 aliphatic carbocycles. The molecule has 1 aromatic heterocycles. The maximum Gasteiger partial charge on any atom is 0.387 e. The Balaban J connectivity index is 1.64. The highest BCUT2D eigenvalue weighted by atomic mass is 79.9. The van der Waals surface area contributed by atoms with Crippen molar-refractivity contribution in [2.45, 2.75) is 13.2 Å². The van der Waals surface area contributed by atoms with Gasteiger partial charge in [0.2, 0.25) is 0 Å². The van der Waals surface area contributed by atoms with Gasteiger partial charge in [-0.25, -0.2) is 4.39 Å². The first kappa shape index (κ1) is 20.2. The maximum atomic E-state index is 14.2. The number of hydrogen-bond acceptors (Lipinski definition) is 3. The molecule has 1 aliphatic rings. The maximum absolute atomic E-state index is 14.2. The molecular formula is C24H14BrF3O2S. The first-order chi connectivity index (χ1) is 15.0. The Morgan fingerprint density at radius 1 is 0.935 bits per heavy atom. The van der Waals surface area contributed by atoms with Crippen molar-refractivity contribution in [3.8, 4) is 44.2 Å². The molecule has 4 aromatic rings. The molecule has 0 bridgehead atoms. The minimum atomic E-state index is -3.11. The Morgan fingerprint density at radius 2 is 1.74 bits per heavy atom. The van der Waals surface area contributed by atoms with Crippen molar-refractivity contribution in [2.24, 2.45) is 0 Å². The lowest BCUT2D eigenvalue weighted by atomic mass is 9.90. The summed E-state index contributed by atoms with van der Waals surface area (Å²) >= 11 is 5.14. The van der Waals surface area contributed by atoms with Crippen LogP contribution in [0.2, 0.25) is 0 Å². The van der Waals surface area contributed by atoms with Crippen molar-refractivity contribution < 1.29 is 22.6 Å². The Hall–Kier alpha value is -2.77. The second kappa shape index (κ2) is 8.05. The molecule has 0 fully saturated rings. The van der Waals surface area contributed by atoms with Gasteiger partial charge in [0, 0.05) is 21.6 Å². The lowest BCUT2D eigenvalue weighted by Gasteiger charge is -2.24. The van der Waals surface area contributed by atoms with Gasteiger partial charge < -0.3 is 9.47 Å². The highest BCUT2D eigenvalue weighted by molar-refractivity contribution is 9.11. The van der Waals surface area contributed by atoms with Crippen molar-refractivity contribution in [3.05, 3.63) is 81.9 Å². The van der Waals surface area contributed by atoms with Gasteiger partial charge in [-0.3, -0.25) is 0 Å². The molecule has 3 aromatic carbocycles. The number of ether oxygens (including phenoxy) is 2. The first-order valence-electron chi connectivity index (χ1n) is 9.40. The van der Waals surface area contributed by atoms with Gasteiger partial charge in [0.25, 0.3) is 0 Å². The van der Waals surface area contributed by atoms with E-state index < -0.39 is 18.2 Å². The number of halogens is 4. The monoisotopic (exact) mass is 502 g/mol. The summed E-state index contributed by atoms with van der Waals surface area (Å²) in [4.78, 5) is 1.10. The summed E-state index contributed by atoms with van der Waals surface area (Å²) in [6.45, 7) is -2.79. The van der Waals surface area contributed by atoms with Crippen LogP contribution in [0.3, 0.4) is 0 Å². The Morgan fingerprint density at radius 3 is 2.52 bits per heavy atom. The molecule has 0 unspecified atom stereocenters. The fraction of sp³-hybridized carbons (Fsp3) is 0.0833. The van der Waals surface area contributed by atoms with Gasteiger partial charge in [0.1, 0.15) is 12.4 Å². The van der Waals surface area contributed by atoms with Gasteiger partial charge in [-0.05, 0) is 63.0 Å². The van der Waals surface area contributed by atoms with E-state index in [2.05, 4.69) is 20.7 Å². The van der Waals surface area contributed by atoms with Crippen molar-refractivity contribution in [1.29, 1.82) is 0 Å². The molecule has 0 spiro atoms. The summed E-state index contributed by atoms with van der Waals surface area (Å²) in [6, 6.07) is 19.7. The normalized spacial score (nSPS) is 12.3. The number of rotatable bonds is 4. The van der Waals surface area contributed by atoms with Crippen LogP contribution in [0, 0.1) is 5.82 Å². The lowest BCUT2D eigenvalue weighted by Crippen LogP contribution is -2.07. The van der Waals surface area contributed by atoms with Crippen LogP contribution in [-0.2, 0) is 6.61 Å². The molecule has 0 atom stereocenters. The number of hydrogen-bond donors (Lipinski definition) is 0. The van der Waals surface area contributed by atoms with Crippen molar-refractivity contribution in [2.75, 3.05) is 0 Å². The van der Waals surface area contributed by atoms with Crippen LogP contribution >= 0.6 is 27.3 Å². The molecule has 5 rings (SSSR count). The van der Waals surface area contributed by atoms with E-state index in [-0.39, 0.29) is 5.56 Å². The summed E-state index contributed by atoms with van der Waals surface area (Å²) in [7, 11) is 0. The predicted molar refractivity (Wildman–Crippen MR) is 119 cm³/mol. The van der Waals surface area contributed by atoms with Gasteiger partial charge in [-0.1, -0.05) is 36.4 Å². The smallest absolute Gasteiger partial charge is 0.387 e. The number of fused-ring (bicyclic) bond motifs is 3. The molecule has 0 radical (unpaired) electrons. The average Bonchev–Trinajstić information content (AvgIpc) is 3.20. The van der Waals surface area contributed by atoms with Crippen LogP contribution < -0.4 is 9.47 Å². The van der Waals surface area contributed by atoms with Crippen LogP contribution in [0.5, 0.6) is 11.5 Å². The van der Waals surface area contributed by atoms with E-state index >= 15 is 0 Å². The summed E-state index contributed by atoms with van der Waals surface area (Å²) in [5.74, 6) is -0.504. The molecule has 1 aliphatic heterocycles. The van der Waals surface area contributed by atoms with Gasteiger partial charge >= 0.3 is 6.61 Å². The quantitative estimate of drug-likeness (QED) is 0.280. The zero-order chi connectivity index (χ0) is 21.5. The summed E-state index contributed by atoms with van der Waals surface area (Å²) < 4.78 is 51.3. The van der Waals surface area contributed by atoms with Crippen LogP contribution in [-0.4, -0.2) is 6.61 Å². The minimum absolute atomic E-state index is 0.268. The molecule has 0 saturated heterocycles. The van der Waals surface area contributed by atoms with E-state index in [0.29, 0.717) is 12.2 Å². The largest absolute Gasteiger partial charge is 0.488 e. The van der Waals surface area contributed by atoms with Crippen LogP contribution in [0.25, 0.3) is 32.7 Å². The Labute approximate surface area is 189 Å². The molecule has 31 heavy (non-hydrogen) atoms. The molecule has 156 valence electrons. The average molecular weight is 503 g/mol. The van der Waals surface area contributed by atoms with Crippen molar-refractivity contribution in [1.82, 2.24) is 0 Å². The lowest BCUT2D eigenvalue weighted by molar-refractivity contribution is -0.0517. The molecule has 7 heteroatoms. The first-order valence-corrected chi connectivity index (χ1v) is 11.0. The van der Waals surface area contributed by atoms with E-state index in [1.54, 1.807) is 23.5 Å². The van der Waals surface area contributed by atoms with Crippen molar-refractivity contribution in [3.63, 3.8) is 0 Å². The second-order valence-electron chi connectivity index (χ2n) is 6.94. The molecule has 0 saturated carbocycles. The number of alkyl halides is 2. The van der Waals surface area contributed by atoms with Crippen LogP contribution in [0.4, 0.5) is 13.2 Å². The van der Waals surface area contributed by atoms with E-state index in [0.717, 1.165) is 42.7 Å². The number of thiophene rings is 1. The standard InChI is InChI=1S/C24H14BrF3O2S/c25-21-10-9-20(31-21)17-4-2-6-19-22(17)15-8-7-13(11-14(15)12-29-19)16-3-1-5-18(26)23(16)30-24(27)28/h1-11,24H,12H2. The third kappa shape index (κ3) is 3.72. The predicted octanol–water partition coefficient (Wildman–Crippen LogP) is 8.14. The fourth-order valence-corrected chi connectivity index (χ4v) is 5.24. The summed E-state index contributed by atoms with van der Waals surface area (Å²) in [6.07, 6.45) is 0. The van der Waals surface area contributed by atoms with E-state index in [9.17, 15) is 13.2 Å². The van der Waals surface area contributed by atoms with Gasteiger partial charge in [-0.2, -0.15) is 8.78 Å². The Kier molecular flexibility index (Phi) is 5.24. The highest BCUT2D eigenvalue weighted by Gasteiger charge is 2.23. The Bertz CT molecular complexity index is 1290. The molecule has 0 amide bonds.